The predicted molar refractivity (Wildman–Crippen MR) is 73.4 cm³/mol. The Bertz CT molecular complexity index is 416. The minimum absolute atomic E-state index is 0.0308. The highest BCUT2D eigenvalue weighted by atomic mass is 35.5. The average molecular weight is 269 g/mol. The summed E-state index contributed by atoms with van der Waals surface area (Å²) in [5, 5.41) is 3.49. The molecule has 1 fully saturated rings. The fourth-order valence-electron chi connectivity index (χ4n) is 2.40. The van der Waals surface area contributed by atoms with Gasteiger partial charge in [0.1, 0.15) is 5.82 Å². The van der Waals surface area contributed by atoms with E-state index < -0.39 is 0 Å². The number of hydrogen-bond donors (Lipinski definition) is 1. The first-order valence-electron chi connectivity index (χ1n) is 6.23. The summed E-state index contributed by atoms with van der Waals surface area (Å²) in [6.45, 7) is 7.50. The van der Waals surface area contributed by atoms with Gasteiger partial charge in [0.2, 0.25) is 0 Å². The van der Waals surface area contributed by atoms with Crippen molar-refractivity contribution in [2.75, 3.05) is 26.2 Å². The van der Waals surface area contributed by atoms with Gasteiger partial charge in [0.25, 0.3) is 0 Å². The fraction of sp³-hybridized carbons (Fsp3) is 0.429. The van der Waals surface area contributed by atoms with Gasteiger partial charge in [-0.25, -0.2) is 4.39 Å². The summed E-state index contributed by atoms with van der Waals surface area (Å²) < 4.78 is 14.1. The number of nitrogens with zero attached hydrogens (tertiary/aromatic N) is 1. The number of benzene rings is 1. The van der Waals surface area contributed by atoms with E-state index in [4.69, 9.17) is 11.6 Å². The highest BCUT2D eigenvalue weighted by molar-refractivity contribution is 6.30. The Morgan fingerprint density at radius 2 is 2.17 bits per heavy atom. The van der Waals surface area contributed by atoms with E-state index in [1.54, 1.807) is 12.1 Å². The van der Waals surface area contributed by atoms with Crippen LogP contribution in [-0.4, -0.2) is 31.1 Å². The predicted octanol–water partition coefficient (Wildman–Crippen LogP) is 3.00. The minimum atomic E-state index is -0.301. The lowest BCUT2D eigenvalue weighted by atomic mass is 10.0. The number of halogens is 2. The second-order valence-electron chi connectivity index (χ2n) is 4.47. The normalized spacial score (nSPS) is 18.6. The lowest BCUT2D eigenvalue weighted by molar-refractivity contribution is 0.171. The van der Waals surface area contributed by atoms with E-state index >= 15 is 0 Å². The Labute approximate surface area is 112 Å². The summed E-state index contributed by atoms with van der Waals surface area (Å²) in [6, 6.07) is 5.24. The maximum absolute atomic E-state index is 14.1. The molecule has 1 saturated heterocycles. The summed E-state index contributed by atoms with van der Waals surface area (Å²) in [5.41, 5.74) is 0.671. The zero-order valence-corrected chi connectivity index (χ0v) is 11.1. The second kappa shape index (κ2) is 6.32. The molecule has 2 rings (SSSR count). The van der Waals surface area contributed by atoms with Crippen LogP contribution in [0.25, 0.3) is 0 Å². The molecule has 0 amide bonds. The van der Waals surface area contributed by atoms with E-state index in [1.165, 1.54) is 0 Å². The van der Waals surface area contributed by atoms with Crippen LogP contribution in [0.1, 0.15) is 18.0 Å². The van der Waals surface area contributed by atoms with Gasteiger partial charge in [0, 0.05) is 37.8 Å². The van der Waals surface area contributed by atoms with Crippen molar-refractivity contribution >= 4 is 11.6 Å². The molecule has 4 heteroatoms. The molecule has 1 N–H and O–H groups in total. The number of piperazine rings is 1. The van der Waals surface area contributed by atoms with E-state index in [9.17, 15) is 4.39 Å². The van der Waals surface area contributed by atoms with Crippen LogP contribution in [0.5, 0.6) is 0 Å². The van der Waals surface area contributed by atoms with Crippen LogP contribution in [0.3, 0.4) is 0 Å². The SMILES string of the molecule is C=CC[C@@H](c1cccc(Cl)c1F)N1CCNCC1. The summed E-state index contributed by atoms with van der Waals surface area (Å²) in [7, 11) is 0. The third-order valence-corrected chi connectivity index (χ3v) is 3.61. The molecular weight excluding hydrogens is 251 g/mol. The number of nitrogens with one attached hydrogen (secondary N) is 1. The first-order valence-corrected chi connectivity index (χ1v) is 6.61. The lowest BCUT2D eigenvalue weighted by Crippen LogP contribution is -2.45. The molecule has 0 spiro atoms. The van der Waals surface area contributed by atoms with Crippen LogP contribution in [0.15, 0.2) is 30.9 Å². The highest BCUT2D eigenvalue weighted by Gasteiger charge is 2.24. The van der Waals surface area contributed by atoms with Crippen LogP contribution in [0.4, 0.5) is 4.39 Å². The van der Waals surface area contributed by atoms with Crippen molar-refractivity contribution in [3.63, 3.8) is 0 Å². The quantitative estimate of drug-likeness (QED) is 0.845. The zero-order valence-electron chi connectivity index (χ0n) is 10.3. The minimum Gasteiger partial charge on any atom is -0.314 e. The highest BCUT2D eigenvalue weighted by Crippen LogP contribution is 2.30. The zero-order chi connectivity index (χ0) is 13.0. The van der Waals surface area contributed by atoms with E-state index in [2.05, 4.69) is 16.8 Å². The molecule has 1 aliphatic rings. The van der Waals surface area contributed by atoms with Gasteiger partial charge < -0.3 is 5.32 Å². The van der Waals surface area contributed by atoms with E-state index in [-0.39, 0.29) is 16.9 Å². The first kappa shape index (κ1) is 13.5. The Morgan fingerprint density at radius 1 is 1.44 bits per heavy atom. The summed E-state index contributed by atoms with van der Waals surface area (Å²) in [4.78, 5) is 2.28. The third kappa shape index (κ3) is 2.91. The number of rotatable bonds is 4. The van der Waals surface area contributed by atoms with Crippen molar-refractivity contribution < 1.29 is 4.39 Å². The van der Waals surface area contributed by atoms with Gasteiger partial charge in [-0.2, -0.15) is 0 Å². The van der Waals surface area contributed by atoms with Crippen molar-refractivity contribution in [1.29, 1.82) is 0 Å². The van der Waals surface area contributed by atoms with Crippen molar-refractivity contribution in [2.45, 2.75) is 12.5 Å². The van der Waals surface area contributed by atoms with Crippen LogP contribution >= 0.6 is 11.6 Å². The van der Waals surface area contributed by atoms with Gasteiger partial charge in [-0.1, -0.05) is 29.8 Å². The maximum Gasteiger partial charge on any atom is 0.146 e. The third-order valence-electron chi connectivity index (χ3n) is 3.32. The van der Waals surface area contributed by atoms with E-state index in [1.807, 2.05) is 12.1 Å². The van der Waals surface area contributed by atoms with Gasteiger partial charge >= 0.3 is 0 Å². The maximum atomic E-state index is 14.1. The average Bonchev–Trinajstić information content (AvgIpc) is 2.41. The largest absolute Gasteiger partial charge is 0.314 e. The van der Waals surface area contributed by atoms with Crippen molar-refractivity contribution in [3.8, 4) is 0 Å². The molecule has 18 heavy (non-hydrogen) atoms. The molecule has 0 radical (unpaired) electrons. The van der Waals surface area contributed by atoms with Crippen molar-refractivity contribution in [2.24, 2.45) is 0 Å². The summed E-state index contributed by atoms with van der Waals surface area (Å²) in [6.07, 6.45) is 2.57. The number of hydrogen-bond acceptors (Lipinski definition) is 2. The molecule has 2 nitrogen and oxygen atoms in total. The van der Waals surface area contributed by atoms with Gasteiger partial charge in [-0.3, -0.25) is 4.90 Å². The Morgan fingerprint density at radius 3 is 2.83 bits per heavy atom. The molecule has 0 saturated carbocycles. The second-order valence-corrected chi connectivity index (χ2v) is 4.88. The first-order chi connectivity index (χ1) is 8.74. The molecule has 1 atom stereocenters. The van der Waals surface area contributed by atoms with Gasteiger partial charge in [-0.15, -0.1) is 6.58 Å². The van der Waals surface area contributed by atoms with E-state index in [0.29, 0.717) is 5.56 Å². The Balaban J connectivity index is 2.28. The standard InChI is InChI=1S/C14H18ClFN2/c1-2-4-13(18-9-7-17-8-10-18)11-5-3-6-12(15)14(11)16/h2-3,5-6,13,17H,1,4,7-10H2/t13-/m0/s1. The molecule has 1 aromatic rings. The molecule has 0 bridgehead atoms. The van der Waals surface area contributed by atoms with Crippen LogP contribution in [0.2, 0.25) is 5.02 Å². The van der Waals surface area contributed by atoms with Crippen molar-refractivity contribution in [1.82, 2.24) is 10.2 Å². The molecule has 1 aromatic carbocycles. The summed E-state index contributed by atoms with van der Waals surface area (Å²) >= 11 is 5.87. The van der Waals surface area contributed by atoms with E-state index in [0.717, 1.165) is 32.6 Å². The molecule has 1 heterocycles. The summed E-state index contributed by atoms with van der Waals surface area (Å²) in [5.74, 6) is -0.301. The van der Waals surface area contributed by atoms with Gasteiger partial charge in [0.05, 0.1) is 5.02 Å². The fourth-order valence-corrected chi connectivity index (χ4v) is 2.58. The smallest absolute Gasteiger partial charge is 0.146 e. The Kier molecular flexibility index (Phi) is 4.75. The van der Waals surface area contributed by atoms with Gasteiger partial charge in [-0.05, 0) is 12.5 Å². The molecular formula is C14H18ClFN2. The van der Waals surface area contributed by atoms with Crippen molar-refractivity contribution in [3.05, 3.63) is 47.3 Å². The molecule has 1 aliphatic heterocycles. The molecule has 0 unspecified atom stereocenters. The molecule has 0 aliphatic carbocycles. The van der Waals surface area contributed by atoms with Crippen LogP contribution in [-0.2, 0) is 0 Å². The molecule has 0 aromatic heterocycles. The van der Waals surface area contributed by atoms with Crippen LogP contribution < -0.4 is 5.32 Å². The molecule has 98 valence electrons. The monoisotopic (exact) mass is 268 g/mol. The van der Waals surface area contributed by atoms with Gasteiger partial charge in [0.15, 0.2) is 0 Å². The topological polar surface area (TPSA) is 15.3 Å². The Hall–Kier alpha value is -0.900. The van der Waals surface area contributed by atoms with Crippen LogP contribution in [0, 0.1) is 5.82 Å². The lowest BCUT2D eigenvalue weighted by Gasteiger charge is -2.35.